The number of halogens is 1. The molecule has 0 spiro atoms. The second kappa shape index (κ2) is 2.80. The first-order chi connectivity index (χ1) is 5.75. The van der Waals surface area contributed by atoms with Crippen LogP contribution in [0.25, 0.3) is 11.6 Å². The number of nitrogens with one attached hydrogen (secondary N) is 2. The number of aromatic nitrogens is 6. The second-order valence-electron chi connectivity index (χ2n) is 1.99. The zero-order chi connectivity index (χ0) is 8.55. The van der Waals surface area contributed by atoms with E-state index in [1.165, 1.54) is 0 Å². The lowest BCUT2D eigenvalue weighted by Crippen LogP contribution is -1.92. The van der Waals surface area contributed by atoms with Crippen molar-refractivity contribution in [3.8, 4) is 11.6 Å². The van der Waals surface area contributed by atoms with Gasteiger partial charge in [0.2, 0.25) is 11.1 Å². The molecule has 0 fully saturated rings. The van der Waals surface area contributed by atoms with E-state index >= 15 is 0 Å². The van der Waals surface area contributed by atoms with E-state index in [4.69, 9.17) is 11.6 Å². The molecule has 2 aromatic rings. The number of hydrogen-bond donors (Lipinski definition) is 2. The highest BCUT2D eigenvalue weighted by molar-refractivity contribution is 7.26. The van der Waals surface area contributed by atoms with Gasteiger partial charge in [-0.1, -0.05) is 9.24 Å². The van der Waals surface area contributed by atoms with Gasteiger partial charge in [0.15, 0.2) is 11.4 Å². The van der Waals surface area contributed by atoms with Crippen molar-refractivity contribution >= 4 is 26.4 Å². The minimum Gasteiger partial charge on any atom is -0.256 e. The van der Waals surface area contributed by atoms with Gasteiger partial charge in [0.05, 0.1) is 0 Å². The highest BCUT2D eigenvalue weighted by Crippen LogP contribution is 2.08. The predicted molar refractivity (Wildman–Crippen MR) is 46.1 cm³/mol. The van der Waals surface area contributed by atoms with Gasteiger partial charge in [-0.05, 0) is 11.6 Å². The van der Waals surface area contributed by atoms with Crippen LogP contribution in [0.1, 0.15) is 0 Å². The molecule has 0 amide bonds. The maximum Gasteiger partial charge on any atom is 0.219 e. The van der Waals surface area contributed by atoms with Crippen LogP contribution in [0.2, 0.25) is 5.28 Å². The van der Waals surface area contributed by atoms with E-state index in [1.54, 1.807) is 0 Å². The molecule has 2 N–H and O–H groups in total. The molecule has 0 saturated heterocycles. The third kappa shape index (κ3) is 1.31. The van der Waals surface area contributed by atoms with Gasteiger partial charge in [0, 0.05) is 0 Å². The summed E-state index contributed by atoms with van der Waals surface area (Å²) in [5.41, 5.74) is 0.561. The molecule has 0 aliphatic heterocycles. The SMILES string of the molecule is Pc1n[nH]c(-c2n[nH]c(Cl)n2)n1. The molecule has 0 aliphatic carbocycles. The summed E-state index contributed by atoms with van der Waals surface area (Å²) in [4.78, 5) is 7.84. The number of nitrogens with zero attached hydrogens (tertiary/aromatic N) is 4. The summed E-state index contributed by atoms with van der Waals surface area (Å²) < 4.78 is 0. The van der Waals surface area contributed by atoms with E-state index in [1.807, 2.05) is 0 Å². The fraction of sp³-hybridized carbons (Fsp3) is 0. The first kappa shape index (κ1) is 7.64. The summed E-state index contributed by atoms with van der Waals surface area (Å²) in [5, 5.41) is 12.9. The van der Waals surface area contributed by atoms with Crippen molar-refractivity contribution in [3.05, 3.63) is 5.28 Å². The number of hydrogen-bond acceptors (Lipinski definition) is 4. The molecule has 62 valence electrons. The van der Waals surface area contributed by atoms with Gasteiger partial charge in [0.25, 0.3) is 0 Å². The van der Waals surface area contributed by atoms with Crippen molar-refractivity contribution in [3.63, 3.8) is 0 Å². The monoisotopic (exact) mass is 202 g/mol. The third-order valence-electron chi connectivity index (χ3n) is 1.17. The Kier molecular flexibility index (Phi) is 1.78. The summed E-state index contributed by atoms with van der Waals surface area (Å²) in [6.45, 7) is 0. The van der Waals surface area contributed by atoms with E-state index in [9.17, 15) is 0 Å². The zero-order valence-corrected chi connectivity index (χ0v) is 7.65. The molecular formula is C4H4ClN6P. The molecule has 12 heavy (non-hydrogen) atoms. The van der Waals surface area contributed by atoms with Crippen molar-refractivity contribution in [2.45, 2.75) is 0 Å². The van der Waals surface area contributed by atoms with Gasteiger partial charge in [-0.15, -0.1) is 5.10 Å². The predicted octanol–water partition coefficient (Wildman–Crippen LogP) is -0.256. The highest BCUT2D eigenvalue weighted by Gasteiger charge is 2.07. The van der Waals surface area contributed by atoms with Crippen LogP contribution in [0.15, 0.2) is 0 Å². The molecule has 6 nitrogen and oxygen atoms in total. The Balaban J connectivity index is 2.43. The number of H-pyrrole nitrogens is 2. The van der Waals surface area contributed by atoms with Crippen LogP contribution in [-0.2, 0) is 0 Å². The van der Waals surface area contributed by atoms with Gasteiger partial charge in [-0.2, -0.15) is 10.1 Å². The van der Waals surface area contributed by atoms with E-state index < -0.39 is 0 Å². The fourth-order valence-corrected chi connectivity index (χ4v) is 1.04. The molecule has 8 heteroatoms. The van der Waals surface area contributed by atoms with Crippen molar-refractivity contribution < 1.29 is 0 Å². The van der Waals surface area contributed by atoms with Crippen LogP contribution in [0.5, 0.6) is 0 Å². The smallest absolute Gasteiger partial charge is 0.219 e. The maximum atomic E-state index is 5.52. The van der Waals surface area contributed by atoms with E-state index in [-0.39, 0.29) is 5.28 Å². The van der Waals surface area contributed by atoms with E-state index in [2.05, 4.69) is 39.6 Å². The van der Waals surface area contributed by atoms with Crippen LogP contribution in [0, 0.1) is 0 Å². The van der Waals surface area contributed by atoms with Gasteiger partial charge >= 0.3 is 0 Å². The molecule has 0 aliphatic rings. The standard InChI is InChI=1S/C4H4ClN6P/c5-3-6-1(8-10-3)2-7-4(12)11-9-2/h12H2,(H,6,8,10)(H,7,9,11). The van der Waals surface area contributed by atoms with Crippen LogP contribution < -0.4 is 5.57 Å². The van der Waals surface area contributed by atoms with E-state index in [0.29, 0.717) is 17.2 Å². The quantitative estimate of drug-likeness (QED) is 0.625. The van der Waals surface area contributed by atoms with Crippen LogP contribution >= 0.6 is 20.8 Å². The molecule has 1 atom stereocenters. The Morgan fingerprint density at radius 3 is 2.50 bits per heavy atom. The molecule has 0 bridgehead atoms. The Morgan fingerprint density at radius 1 is 1.17 bits per heavy atom. The topological polar surface area (TPSA) is 83.1 Å². The molecule has 2 heterocycles. The Hall–Kier alpha value is -1.00. The summed E-state index contributed by atoms with van der Waals surface area (Å²) in [7, 11) is 2.36. The first-order valence-electron chi connectivity index (χ1n) is 3.02. The lowest BCUT2D eigenvalue weighted by Gasteiger charge is -1.81. The summed E-state index contributed by atoms with van der Waals surface area (Å²) in [6.07, 6.45) is 0. The largest absolute Gasteiger partial charge is 0.256 e. The van der Waals surface area contributed by atoms with Crippen molar-refractivity contribution in [2.24, 2.45) is 0 Å². The molecule has 2 rings (SSSR count). The third-order valence-corrected chi connectivity index (χ3v) is 1.60. The normalized spacial score (nSPS) is 10.5. The summed E-state index contributed by atoms with van der Waals surface area (Å²) in [6, 6.07) is 0. The summed E-state index contributed by atoms with van der Waals surface area (Å²) >= 11 is 5.52. The maximum absolute atomic E-state index is 5.52. The Labute approximate surface area is 74.4 Å². The second-order valence-corrected chi connectivity index (χ2v) is 2.87. The molecule has 0 aromatic carbocycles. The lowest BCUT2D eigenvalue weighted by atomic mass is 10.6. The van der Waals surface area contributed by atoms with E-state index in [0.717, 1.165) is 0 Å². The van der Waals surface area contributed by atoms with Gasteiger partial charge in [-0.3, -0.25) is 5.10 Å². The van der Waals surface area contributed by atoms with Gasteiger partial charge in [0.1, 0.15) is 0 Å². The highest BCUT2D eigenvalue weighted by atomic mass is 35.5. The van der Waals surface area contributed by atoms with Crippen molar-refractivity contribution in [2.75, 3.05) is 0 Å². The molecule has 1 unspecified atom stereocenters. The Bertz CT molecular complexity index is 355. The van der Waals surface area contributed by atoms with Crippen LogP contribution in [0.3, 0.4) is 0 Å². The minimum absolute atomic E-state index is 0.228. The molecule has 2 aromatic heterocycles. The minimum atomic E-state index is 0.228. The fourth-order valence-electron chi connectivity index (χ4n) is 0.723. The Morgan fingerprint density at radius 2 is 2.00 bits per heavy atom. The number of aromatic amines is 2. The number of rotatable bonds is 1. The lowest BCUT2D eigenvalue weighted by molar-refractivity contribution is 1.06. The first-order valence-corrected chi connectivity index (χ1v) is 3.97. The van der Waals surface area contributed by atoms with Crippen LogP contribution in [0.4, 0.5) is 0 Å². The average Bonchev–Trinajstić information content (AvgIpc) is 2.58. The molecule has 0 saturated carbocycles. The zero-order valence-electron chi connectivity index (χ0n) is 5.74. The molecular weight excluding hydrogens is 199 g/mol. The van der Waals surface area contributed by atoms with Gasteiger partial charge < -0.3 is 0 Å². The summed E-state index contributed by atoms with van der Waals surface area (Å²) in [5.74, 6) is 0.893. The van der Waals surface area contributed by atoms with Crippen LogP contribution in [-0.4, -0.2) is 30.4 Å². The molecule has 0 radical (unpaired) electrons. The van der Waals surface area contributed by atoms with Crippen molar-refractivity contribution in [1.82, 2.24) is 30.4 Å². The average molecular weight is 203 g/mol. The van der Waals surface area contributed by atoms with Gasteiger partial charge in [-0.25, -0.2) is 10.1 Å². The van der Waals surface area contributed by atoms with Crippen molar-refractivity contribution in [1.29, 1.82) is 0 Å².